The number of aliphatic carboxylic acids is 1. The summed E-state index contributed by atoms with van der Waals surface area (Å²) >= 11 is 0. The summed E-state index contributed by atoms with van der Waals surface area (Å²) in [5, 5.41) is 8.98. The minimum Gasteiger partial charge on any atom is -0.480 e. The Bertz CT molecular complexity index is 407. The fraction of sp³-hybridized carbons (Fsp3) is 0.533. The number of carbonyl (C=O) groups is 1. The predicted octanol–water partition coefficient (Wildman–Crippen LogP) is 2.00. The molecular formula is C15H21NO3. The monoisotopic (exact) mass is 263 g/mol. The van der Waals surface area contributed by atoms with Gasteiger partial charge < -0.3 is 9.84 Å². The Morgan fingerprint density at radius 1 is 1.47 bits per heavy atom. The van der Waals surface area contributed by atoms with Crippen molar-refractivity contribution in [2.24, 2.45) is 5.92 Å². The molecule has 1 aromatic carbocycles. The van der Waals surface area contributed by atoms with Gasteiger partial charge in [0.2, 0.25) is 0 Å². The third-order valence-electron chi connectivity index (χ3n) is 3.69. The number of carboxylic acids is 1. The molecule has 2 rings (SSSR count). The average Bonchev–Trinajstić information content (AvgIpc) is 2.88. The highest BCUT2D eigenvalue weighted by Crippen LogP contribution is 2.19. The van der Waals surface area contributed by atoms with Gasteiger partial charge in [0.15, 0.2) is 0 Å². The van der Waals surface area contributed by atoms with Crippen molar-refractivity contribution in [1.29, 1.82) is 0 Å². The zero-order chi connectivity index (χ0) is 13.7. The van der Waals surface area contributed by atoms with Gasteiger partial charge in [0.25, 0.3) is 0 Å². The molecule has 0 radical (unpaired) electrons. The lowest BCUT2D eigenvalue weighted by atomic mass is 10.1. The molecule has 0 aliphatic carbocycles. The summed E-state index contributed by atoms with van der Waals surface area (Å²) in [4.78, 5) is 12.9. The molecule has 0 amide bonds. The highest BCUT2D eigenvalue weighted by Gasteiger charge is 2.29. The molecule has 1 saturated heterocycles. The van der Waals surface area contributed by atoms with Gasteiger partial charge in [0.1, 0.15) is 6.04 Å². The third-order valence-corrected chi connectivity index (χ3v) is 3.69. The summed E-state index contributed by atoms with van der Waals surface area (Å²) in [5.74, 6) is -0.295. The van der Waals surface area contributed by atoms with E-state index in [9.17, 15) is 4.79 Å². The van der Waals surface area contributed by atoms with Crippen LogP contribution in [0.5, 0.6) is 0 Å². The maximum absolute atomic E-state index is 10.9. The molecule has 4 heteroatoms. The first kappa shape index (κ1) is 14.0. The number of nitrogens with zero attached hydrogens (tertiary/aromatic N) is 1. The Morgan fingerprint density at radius 2 is 2.21 bits per heavy atom. The second-order valence-electron chi connectivity index (χ2n) is 5.16. The summed E-state index contributed by atoms with van der Waals surface area (Å²) in [7, 11) is 0. The molecule has 19 heavy (non-hydrogen) atoms. The van der Waals surface area contributed by atoms with Crippen LogP contribution in [0.2, 0.25) is 0 Å². The molecule has 0 unspecified atom stereocenters. The molecule has 104 valence electrons. The van der Waals surface area contributed by atoms with Gasteiger partial charge in [-0.15, -0.1) is 0 Å². The quantitative estimate of drug-likeness (QED) is 0.853. The van der Waals surface area contributed by atoms with Crippen molar-refractivity contribution in [1.82, 2.24) is 4.90 Å². The van der Waals surface area contributed by atoms with E-state index in [0.29, 0.717) is 19.1 Å². The van der Waals surface area contributed by atoms with Gasteiger partial charge in [-0.1, -0.05) is 30.3 Å². The lowest BCUT2D eigenvalue weighted by Crippen LogP contribution is -2.37. The zero-order valence-corrected chi connectivity index (χ0v) is 11.3. The van der Waals surface area contributed by atoms with Gasteiger partial charge in [-0.25, -0.2) is 0 Å². The van der Waals surface area contributed by atoms with Crippen molar-refractivity contribution < 1.29 is 14.6 Å². The zero-order valence-electron chi connectivity index (χ0n) is 11.3. The van der Waals surface area contributed by atoms with Crippen LogP contribution in [0.4, 0.5) is 0 Å². The van der Waals surface area contributed by atoms with Crippen LogP contribution in [0.15, 0.2) is 30.3 Å². The molecule has 0 bridgehead atoms. The van der Waals surface area contributed by atoms with Gasteiger partial charge >= 0.3 is 5.97 Å². The van der Waals surface area contributed by atoms with Crippen LogP contribution in [0, 0.1) is 5.92 Å². The van der Waals surface area contributed by atoms with Gasteiger partial charge in [0.05, 0.1) is 13.2 Å². The minimum atomic E-state index is -0.745. The molecule has 1 fully saturated rings. The smallest absolute Gasteiger partial charge is 0.320 e. The molecule has 1 aliphatic rings. The highest BCUT2D eigenvalue weighted by molar-refractivity contribution is 5.72. The van der Waals surface area contributed by atoms with Crippen molar-refractivity contribution in [3.8, 4) is 0 Å². The second kappa shape index (κ2) is 6.68. The Hall–Kier alpha value is -1.39. The normalized spacial score (nSPS) is 21.4. The molecule has 1 aliphatic heterocycles. The topological polar surface area (TPSA) is 49.8 Å². The Labute approximate surface area is 114 Å². The Kier molecular flexibility index (Phi) is 4.93. The highest BCUT2D eigenvalue weighted by atomic mass is 16.5. The summed E-state index contributed by atoms with van der Waals surface area (Å²) in [6.45, 7) is 4.76. The van der Waals surface area contributed by atoms with E-state index < -0.39 is 5.97 Å². The van der Waals surface area contributed by atoms with Crippen molar-refractivity contribution >= 4 is 5.97 Å². The Balaban J connectivity index is 1.70. The van der Waals surface area contributed by atoms with E-state index in [1.165, 1.54) is 5.56 Å². The van der Waals surface area contributed by atoms with Gasteiger partial charge in [0, 0.05) is 6.54 Å². The van der Waals surface area contributed by atoms with E-state index in [0.717, 1.165) is 19.5 Å². The van der Waals surface area contributed by atoms with E-state index in [4.69, 9.17) is 9.84 Å². The van der Waals surface area contributed by atoms with Crippen molar-refractivity contribution in [3.05, 3.63) is 35.9 Å². The first-order chi connectivity index (χ1) is 9.16. The maximum Gasteiger partial charge on any atom is 0.320 e. The minimum absolute atomic E-state index is 0.390. The second-order valence-corrected chi connectivity index (χ2v) is 5.16. The van der Waals surface area contributed by atoms with Gasteiger partial charge in [-0.2, -0.15) is 0 Å². The molecule has 0 spiro atoms. The molecule has 0 aromatic heterocycles. The number of hydrogen-bond donors (Lipinski definition) is 1. The van der Waals surface area contributed by atoms with Crippen LogP contribution in [-0.2, 0) is 16.1 Å². The standard InChI is InChI=1S/C15H21NO3/c1-12(15(17)18)16-8-7-14(9-16)11-19-10-13-5-3-2-4-6-13/h2-6,12,14H,7-11H2,1H3,(H,17,18)/t12-,14+/m0/s1. The third kappa shape index (κ3) is 4.04. The molecule has 1 N–H and O–H groups in total. The number of hydrogen-bond acceptors (Lipinski definition) is 3. The van der Waals surface area contributed by atoms with E-state index in [2.05, 4.69) is 0 Å². The first-order valence-corrected chi connectivity index (χ1v) is 6.75. The largest absolute Gasteiger partial charge is 0.480 e. The molecular weight excluding hydrogens is 242 g/mol. The SMILES string of the molecule is C[C@@H](C(=O)O)N1CC[C@@H](COCc2ccccc2)C1. The van der Waals surface area contributed by atoms with Crippen LogP contribution in [0.25, 0.3) is 0 Å². The van der Waals surface area contributed by atoms with E-state index in [1.807, 2.05) is 35.2 Å². The fourth-order valence-electron chi connectivity index (χ4n) is 2.42. The molecule has 2 atom stereocenters. The number of rotatable bonds is 6. The maximum atomic E-state index is 10.9. The predicted molar refractivity (Wildman–Crippen MR) is 72.9 cm³/mol. The number of likely N-dealkylation sites (tertiary alicyclic amines) is 1. The molecule has 0 saturated carbocycles. The summed E-state index contributed by atoms with van der Waals surface area (Å²) in [6.07, 6.45) is 1.02. The lowest BCUT2D eigenvalue weighted by Gasteiger charge is -2.20. The van der Waals surface area contributed by atoms with Crippen molar-refractivity contribution in [2.75, 3.05) is 19.7 Å². The molecule has 4 nitrogen and oxygen atoms in total. The lowest BCUT2D eigenvalue weighted by molar-refractivity contribution is -0.142. The molecule has 1 heterocycles. The van der Waals surface area contributed by atoms with Crippen LogP contribution >= 0.6 is 0 Å². The van der Waals surface area contributed by atoms with Crippen molar-refractivity contribution in [3.63, 3.8) is 0 Å². The van der Waals surface area contributed by atoms with Crippen LogP contribution in [-0.4, -0.2) is 41.7 Å². The van der Waals surface area contributed by atoms with Crippen LogP contribution in [0.3, 0.4) is 0 Å². The number of benzene rings is 1. The summed E-state index contributed by atoms with van der Waals surface area (Å²) in [5.41, 5.74) is 1.18. The number of carboxylic acid groups (broad SMARTS) is 1. The van der Waals surface area contributed by atoms with Crippen molar-refractivity contribution in [2.45, 2.75) is 26.0 Å². The molecule has 1 aromatic rings. The fourth-order valence-corrected chi connectivity index (χ4v) is 2.42. The summed E-state index contributed by atoms with van der Waals surface area (Å²) in [6, 6.07) is 9.71. The van der Waals surface area contributed by atoms with Crippen LogP contribution < -0.4 is 0 Å². The van der Waals surface area contributed by atoms with E-state index >= 15 is 0 Å². The average molecular weight is 263 g/mol. The van der Waals surface area contributed by atoms with E-state index in [1.54, 1.807) is 6.92 Å². The van der Waals surface area contributed by atoms with Gasteiger partial charge in [-0.05, 0) is 31.4 Å². The summed E-state index contributed by atoms with van der Waals surface area (Å²) < 4.78 is 5.72. The first-order valence-electron chi connectivity index (χ1n) is 6.75. The van der Waals surface area contributed by atoms with E-state index in [-0.39, 0.29) is 6.04 Å². The van der Waals surface area contributed by atoms with Crippen LogP contribution in [0.1, 0.15) is 18.9 Å². The Morgan fingerprint density at radius 3 is 2.89 bits per heavy atom. The van der Waals surface area contributed by atoms with Gasteiger partial charge in [-0.3, -0.25) is 9.69 Å². The number of ether oxygens (including phenoxy) is 1.